The van der Waals surface area contributed by atoms with E-state index in [2.05, 4.69) is 29.3 Å². The number of aryl methyl sites for hydroxylation is 1. The normalized spacial score (nSPS) is 10.5. The number of esters is 1. The summed E-state index contributed by atoms with van der Waals surface area (Å²) in [5.74, 6) is -0.370. The average Bonchev–Trinajstić information content (AvgIpc) is 2.96. The highest BCUT2D eigenvalue weighted by Gasteiger charge is 2.11. The fraction of sp³-hybridized carbons (Fsp3) is 0.375. The minimum atomic E-state index is -0.370. The topological polar surface area (TPSA) is 55.0 Å². The van der Waals surface area contributed by atoms with Gasteiger partial charge in [0.2, 0.25) is 0 Å². The second kappa shape index (κ2) is 6.89. The largest absolute Gasteiger partial charge is 0.461 e. The summed E-state index contributed by atoms with van der Waals surface area (Å²) in [6.45, 7) is 4.33. The van der Waals surface area contributed by atoms with Crippen molar-refractivity contribution in [2.45, 2.75) is 33.1 Å². The minimum absolute atomic E-state index is 0.360. The minimum Gasteiger partial charge on any atom is -0.461 e. The van der Waals surface area contributed by atoms with E-state index in [-0.39, 0.29) is 5.97 Å². The Morgan fingerprint density at radius 3 is 2.65 bits per heavy atom. The molecule has 0 saturated carbocycles. The number of carbonyl (C=O) groups is 1. The van der Waals surface area contributed by atoms with E-state index in [0.717, 1.165) is 17.7 Å². The molecule has 4 nitrogen and oxygen atoms in total. The second-order valence-electron chi connectivity index (χ2n) is 4.69. The van der Waals surface area contributed by atoms with Crippen LogP contribution in [0, 0.1) is 0 Å². The molecule has 1 aromatic carbocycles. The Morgan fingerprint density at radius 2 is 2.00 bits per heavy atom. The van der Waals surface area contributed by atoms with Crippen molar-refractivity contribution < 1.29 is 9.53 Å². The number of unbranched alkanes of at least 4 members (excludes halogenated alkanes) is 1. The molecular weight excluding hydrogens is 252 g/mol. The highest BCUT2D eigenvalue weighted by molar-refractivity contribution is 5.88. The third-order valence-corrected chi connectivity index (χ3v) is 3.14. The van der Waals surface area contributed by atoms with Gasteiger partial charge in [-0.3, -0.25) is 5.10 Å². The first-order valence-corrected chi connectivity index (χ1v) is 7.06. The van der Waals surface area contributed by atoms with Crippen LogP contribution in [0.2, 0.25) is 0 Å². The zero-order valence-corrected chi connectivity index (χ0v) is 12.0. The molecule has 0 unspecified atom stereocenters. The lowest BCUT2D eigenvalue weighted by molar-refractivity contribution is 0.0519. The Morgan fingerprint density at radius 1 is 1.25 bits per heavy atom. The summed E-state index contributed by atoms with van der Waals surface area (Å²) in [5, 5.41) is 6.87. The van der Waals surface area contributed by atoms with E-state index >= 15 is 0 Å². The number of benzene rings is 1. The number of nitrogens with one attached hydrogen (secondary N) is 1. The maximum atomic E-state index is 11.6. The highest BCUT2D eigenvalue weighted by atomic mass is 16.5. The highest BCUT2D eigenvalue weighted by Crippen LogP contribution is 2.19. The summed E-state index contributed by atoms with van der Waals surface area (Å²) >= 11 is 0. The monoisotopic (exact) mass is 272 g/mol. The van der Waals surface area contributed by atoms with E-state index in [1.54, 1.807) is 13.0 Å². The van der Waals surface area contributed by atoms with Crippen LogP contribution >= 0.6 is 0 Å². The molecule has 0 amide bonds. The third kappa shape index (κ3) is 3.47. The van der Waals surface area contributed by atoms with Crippen molar-refractivity contribution in [1.29, 1.82) is 0 Å². The first-order valence-electron chi connectivity index (χ1n) is 7.06. The Labute approximate surface area is 119 Å². The van der Waals surface area contributed by atoms with Gasteiger partial charge in [0, 0.05) is 5.56 Å². The van der Waals surface area contributed by atoms with E-state index < -0.39 is 0 Å². The first-order chi connectivity index (χ1) is 9.74. The number of rotatable bonds is 6. The molecule has 1 N–H and O–H groups in total. The maximum absolute atomic E-state index is 11.6. The molecule has 0 spiro atoms. The molecule has 0 aliphatic carbocycles. The fourth-order valence-corrected chi connectivity index (χ4v) is 2.01. The smallest absolute Gasteiger partial charge is 0.356 e. The lowest BCUT2D eigenvalue weighted by Crippen LogP contribution is -2.04. The van der Waals surface area contributed by atoms with E-state index in [1.807, 2.05) is 12.1 Å². The maximum Gasteiger partial charge on any atom is 0.356 e. The van der Waals surface area contributed by atoms with Crippen molar-refractivity contribution in [3.8, 4) is 11.3 Å². The molecule has 0 saturated heterocycles. The number of ether oxygens (including phenoxy) is 1. The van der Waals surface area contributed by atoms with E-state index in [9.17, 15) is 4.79 Å². The molecule has 2 aromatic rings. The summed E-state index contributed by atoms with van der Waals surface area (Å²) in [6.07, 6.45) is 3.50. The van der Waals surface area contributed by atoms with Gasteiger partial charge in [-0.2, -0.15) is 5.10 Å². The number of aromatic amines is 1. The van der Waals surface area contributed by atoms with Crippen molar-refractivity contribution >= 4 is 5.97 Å². The molecular formula is C16H20N2O2. The zero-order valence-electron chi connectivity index (χ0n) is 12.0. The molecule has 0 atom stereocenters. The predicted octanol–water partition coefficient (Wildman–Crippen LogP) is 3.60. The van der Waals surface area contributed by atoms with Gasteiger partial charge in [-0.15, -0.1) is 0 Å². The van der Waals surface area contributed by atoms with Crippen LogP contribution in [0.3, 0.4) is 0 Å². The van der Waals surface area contributed by atoms with Gasteiger partial charge in [-0.05, 0) is 31.4 Å². The summed E-state index contributed by atoms with van der Waals surface area (Å²) in [7, 11) is 0. The van der Waals surface area contributed by atoms with Crippen LogP contribution in [0.25, 0.3) is 11.3 Å². The Bertz CT molecular complexity index is 558. The number of H-pyrrole nitrogens is 1. The standard InChI is InChI=1S/C16H20N2O2/c1-3-5-6-12-7-9-13(10-8-12)14-11-15(18-17-14)16(19)20-4-2/h7-11H,3-6H2,1-2H3,(H,17,18). The number of aromatic nitrogens is 2. The van der Waals surface area contributed by atoms with E-state index in [4.69, 9.17) is 4.74 Å². The molecule has 1 heterocycles. The summed E-state index contributed by atoms with van der Waals surface area (Å²) in [6, 6.07) is 10.0. The van der Waals surface area contributed by atoms with Crippen LogP contribution in [-0.2, 0) is 11.2 Å². The van der Waals surface area contributed by atoms with Gasteiger partial charge in [0.25, 0.3) is 0 Å². The Balaban J connectivity index is 2.09. The third-order valence-electron chi connectivity index (χ3n) is 3.14. The quantitative estimate of drug-likeness (QED) is 0.817. The second-order valence-corrected chi connectivity index (χ2v) is 4.69. The van der Waals surface area contributed by atoms with Gasteiger partial charge >= 0.3 is 5.97 Å². The van der Waals surface area contributed by atoms with Crippen molar-refractivity contribution in [3.05, 3.63) is 41.6 Å². The van der Waals surface area contributed by atoms with Crippen LogP contribution in [0.5, 0.6) is 0 Å². The van der Waals surface area contributed by atoms with Crippen molar-refractivity contribution in [1.82, 2.24) is 10.2 Å². The molecule has 1 aromatic heterocycles. The van der Waals surface area contributed by atoms with Gasteiger partial charge in [-0.25, -0.2) is 4.79 Å². The van der Waals surface area contributed by atoms with Crippen LogP contribution in [0.15, 0.2) is 30.3 Å². The molecule has 0 fully saturated rings. The number of hydrogen-bond acceptors (Lipinski definition) is 3. The van der Waals surface area contributed by atoms with Gasteiger partial charge in [0.1, 0.15) is 5.69 Å². The van der Waals surface area contributed by atoms with Gasteiger partial charge in [0.05, 0.1) is 12.3 Å². The molecule has 106 valence electrons. The molecule has 0 bridgehead atoms. The zero-order chi connectivity index (χ0) is 14.4. The van der Waals surface area contributed by atoms with Crippen molar-refractivity contribution in [3.63, 3.8) is 0 Å². The van der Waals surface area contributed by atoms with Crippen molar-refractivity contribution in [2.24, 2.45) is 0 Å². The van der Waals surface area contributed by atoms with Crippen molar-refractivity contribution in [2.75, 3.05) is 6.61 Å². The predicted molar refractivity (Wildman–Crippen MR) is 78.6 cm³/mol. The van der Waals surface area contributed by atoms with Gasteiger partial charge < -0.3 is 4.74 Å². The van der Waals surface area contributed by atoms with E-state index in [0.29, 0.717) is 12.3 Å². The molecule has 0 aliphatic rings. The molecule has 0 aliphatic heterocycles. The number of nitrogens with zero attached hydrogens (tertiary/aromatic N) is 1. The van der Waals surface area contributed by atoms with Crippen LogP contribution in [0.1, 0.15) is 42.7 Å². The molecule has 20 heavy (non-hydrogen) atoms. The number of carbonyl (C=O) groups excluding carboxylic acids is 1. The van der Waals surface area contributed by atoms with E-state index in [1.165, 1.54) is 18.4 Å². The number of hydrogen-bond donors (Lipinski definition) is 1. The fourth-order valence-electron chi connectivity index (χ4n) is 2.01. The summed E-state index contributed by atoms with van der Waals surface area (Å²) < 4.78 is 4.93. The Kier molecular flexibility index (Phi) is 4.93. The SMILES string of the molecule is CCCCc1ccc(-c2cc(C(=O)OCC)[nH]n2)cc1. The van der Waals surface area contributed by atoms with Gasteiger partial charge in [0.15, 0.2) is 0 Å². The first kappa shape index (κ1) is 14.3. The Hall–Kier alpha value is -2.10. The van der Waals surface area contributed by atoms with Crippen LogP contribution in [0.4, 0.5) is 0 Å². The van der Waals surface area contributed by atoms with Gasteiger partial charge in [-0.1, -0.05) is 37.6 Å². The molecule has 2 rings (SSSR count). The van der Waals surface area contributed by atoms with Crippen LogP contribution in [-0.4, -0.2) is 22.8 Å². The molecule has 0 radical (unpaired) electrons. The lowest BCUT2D eigenvalue weighted by atomic mass is 10.0. The van der Waals surface area contributed by atoms with Crippen LogP contribution < -0.4 is 0 Å². The molecule has 4 heteroatoms. The summed E-state index contributed by atoms with van der Waals surface area (Å²) in [5.41, 5.74) is 3.47. The summed E-state index contributed by atoms with van der Waals surface area (Å²) in [4.78, 5) is 11.6. The average molecular weight is 272 g/mol. The lowest BCUT2D eigenvalue weighted by Gasteiger charge is -2.01.